The quantitative estimate of drug-likeness (QED) is 0.596. The zero-order chi connectivity index (χ0) is 20.6. The highest BCUT2D eigenvalue weighted by Gasteiger charge is 2.45. The number of ether oxygens (including phenoxy) is 1. The highest BCUT2D eigenvalue weighted by atomic mass is 31.2. The van der Waals surface area contributed by atoms with E-state index >= 15 is 0 Å². The number of fused-ring (bicyclic) bond motifs is 1. The van der Waals surface area contributed by atoms with Crippen molar-refractivity contribution in [3.63, 3.8) is 0 Å². The predicted molar refractivity (Wildman–Crippen MR) is 113 cm³/mol. The van der Waals surface area contributed by atoms with E-state index in [0.29, 0.717) is 30.1 Å². The van der Waals surface area contributed by atoms with Gasteiger partial charge >= 0.3 is 0 Å². The van der Waals surface area contributed by atoms with Gasteiger partial charge in [0.1, 0.15) is 23.9 Å². The minimum Gasteiger partial charge on any atom is -0.388 e. The lowest BCUT2D eigenvalue weighted by atomic mass is 10.1. The summed E-state index contributed by atoms with van der Waals surface area (Å²) in [5.74, 6) is 1.11. The second-order valence-corrected chi connectivity index (χ2v) is 12.6. The van der Waals surface area contributed by atoms with Gasteiger partial charge < -0.3 is 19.9 Å². The van der Waals surface area contributed by atoms with E-state index in [1.165, 1.54) is 0 Å². The average Bonchev–Trinajstić information content (AvgIpc) is 3.09. The van der Waals surface area contributed by atoms with E-state index in [9.17, 15) is 15.0 Å². The van der Waals surface area contributed by atoms with Gasteiger partial charge in [-0.15, -0.1) is 13.2 Å². The maximum Gasteiger partial charge on any atom is 0.279 e. The molecule has 0 amide bonds. The molecular formula is C19H31N4O4P. The normalized spacial score (nSPS) is 25.6. The molecule has 1 saturated heterocycles. The van der Waals surface area contributed by atoms with Crippen molar-refractivity contribution in [2.75, 3.05) is 19.5 Å². The maximum atomic E-state index is 12.3. The molecule has 3 heterocycles. The van der Waals surface area contributed by atoms with Gasteiger partial charge in [0, 0.05) is 6.42 Å². The zero-order valence-corrected chi connectivity index (χ0v) is 17.9. The smallest absolute Gasteiger partial charge is 0.279 e. The molecule has 3 rings (SSSR count). The van der Waals surface area contributed by atoms with E-state index in [4.69, 9.17) is 4.74 Å². The first-order chi connectivity index (χ1) is 13.1. The number of rotatable bonds is 7. The van der Waals surface area contributed by atoms with Gasteiger partial charge in [0.15, 0.2) is 17.4 Å². The van der Waals surface area contributed by atoms with Crippen molar-refractivity contribution in [3.05, 3.63) is 22.0 Å². The zero-order valence-electron chi connectivity index (χ0n) is 17.1. The van der Waals surface area contributed by atoms with Gasteiger partial charge in [0.2, 0.25) is 0 Å². The summed E-state index contributed by atoms with van der Waals surface area (Å²) >= 11 is 0. The average molecular weight is 410 g/mol. The molecule has 2 aromatic rings. The van der Waals surface area contributed by atoms with Gasteiger partial charge in [0.25, 0.3) is 5.56 Å². The molecule has 0 bridgehead atoms. The Bertz CT molecular complexity index is 947. The lowest BCUT2D eigenvalue weighted by molar-refractivity contribution is -0.0368. The fourth-order valence-electron chi connectivity index (χ4n) is 3.58. The molecule has 1 aliphatic rings. The van der Waals surface area contributed by atoms with Gasteiger partial charge in [-0.05, 0) is 39.3 Å². The number of hydrogen-bond donors (Lipinski definition) is 3. The number of hydrogen-bond acceptors (Lipinski definition) is 6. The standard InChI is InChI=1S/C19H31N4O4P/c1-6-7-8-13-22-14-17(20-11(2)21-18(14)26)23(13)19-16(25)15(24)12(27-19)9-10-28(3,4)5/h12,15-16,19,24-25H,3,6-10H2,1-2,4-5H3,(H,20,21,26)/t12?,15-,16-,19-/m1/s1. The maximum absolute atomic E-state index is 12.3. The van der Waals surface area contributed by atoms with Crippen molar-refractivity contribution in [1.29, 1.82) is 0 Å². The minimum absolute atomic E-state index is 0.232. The molecule has 2 aromatic heterocycles. The Balaban J connectivity index is 2.01. The van der Waals surface area contributed by atoms with Gasteiger partial charge in [-0.2, -0.15) is 0 Å². The summed E-state index contributed by atoms with van der Waals surface area (Å²) in [6, 6.07) is 0. The van der Waals surface area contributed by atoms with Crippen LogP contribution in [0.2, 0.25) is 0 Å². The molecule has 0 aromatic carbocycles. The van der Waals surface area contributed by atoms with Crippen molar-refractivity contribution >= 4 is 24.3 Å². The van der Waals surface area contributed by atoms with Crippen LogP contribution in [0.15, 0.2) is 4.79 Å². The molecule has 0 aliphatic carbocycles. The van der Waals surface area contributed by atoms with E-state index in [-0.39, 0.29) is 11.1 Å². The van der Waals surface area contributed by atoms with Crippen LogP contribution < -0.4 is 5.56 Å². The van der Waals surface area contributed by atoms with Crippen LogP contribution in [-0.4, -0.2) is 73.8 Å². The van der Waals surface area contributed by atoms with Crippen LogP contribution in [0, 0.1) is 6.92 Å². The second kappa shape index (κ2) is 8.11. The second-order valence-electron chi connectivity index (χ2n) is 8.32. The van der Waals surface area contributed by atoms with Crippen molar-refractivity contribution in [2.24, 2.45) is 0 Å². The SMILES string of the molecule is C=P(C)(C)CCC1O[C@@H](n2c(CCCC)nc3c(=O)[nH]c(C)nc32)[C@H](O)[C@@H]1O. The summed E-state index contributed by atoms with van der Waals surface area (Å²) < 4.78 is 7.79. The first-order valence-electron chi connectivity index (χ1n) is 9.79. The molecule has 9 heteroatoms. The third kappa shape index (κ3) is 4.25. The Labute approximate surface area is 165 Å². The van der Waals surface area contributed by atoms with Gasteiger partial charge in [0.05, 0.1) is 6.10 Å². The number of aliphatic hydroxyl groups is 2. The van der Waals surface area contributed by atoms with Crippen LogP contribution in [-0.2, 0) is 11.2 Å². The molecular weight excluding hydrogens is 379 g/mol. The predicted octanol–water partition coefficient (Wildman–Crippen LogP) is 1.49. The fraction of sp³-hybridized carbons (Fsp3) is 0.684. The van der Waals surface area contributed by atoms with Crippen LogP contribution in [0.5, 0.6) is 0 Å². The van der Waals surface area contributed by atoms with Gasteiger partial charge in [-0.25, -0.2) is 9.97 Å². The first-order valence-corrected chi connectivity index (χ1v) is 12.8. The summed E-state index contributed by atoms with van der Waals surface area (Å²) in [4.78, 5) is 23.9. The lowest BCUT2D eigenvalue weighted by Crippen LogP contribution is -2.32. The molecule has 4 atom stereocenters. The molecule has 156 valence electrons. The van der Waals surface area contributed by atoms with Crippen LogP contribution in [0.25, 0.3) is 11.2 Å². The number of aryl methyl sites for hydroxylation is 2. The van der Waals surface area contributed by atoms with E-state index in [1.54, 1.807) is 11.5 Å². The largest absolute Gasteiger partial charge is 0.388 e. The minimum atomic E-state index is -1.27. The molecule has 0 saturated carbocycles. The van der Waals surface area contributed by atoms with Crippen LogP contribution in [0.1, 0.15) is 44.1 Å². The number of nitrogens with zero attached hydrogens (tertiary/aromatic N) is 3. The van der Waals surface area contributed by atoms with Gasteiger partial charge in [-0.3, -0.25) is 9.36 Å². The number of H-pyrrole nitrogens is 1. The fourth-order valence-corrected chi connectivity index (χ4v) is 4.53. The van der Waals surface area contributed by atoms with Crippen molar-refractivity contribution in [1.82, 2.24) is 19.5 Å². The molecule has 0 radical (unpaired) electrons. The molecule has 28 heavy (non-hydrogen) atoms. The van der Waals surface area contributed by atoms with E-state index in [1.807, 2.05) is 0 Å². The molecule has 8 nitrogen and oxygen atoms in total. The Morgan fingerprint density at radius 2 is 2.00 bits per heavy atom. The highest BCUT2D eigenvalue weighted by molar-refractivity contribution is 7.72. The monoisotopic (exact) mass is 410 g/mol. The molecule has 1 aliphatic heterocycles. The molecule has 0 spiro atoms. The number of aliphatic hydroxyl groups excluding tert-OH is 2. The van der Waals surface area contributed by atoms with E-state index in [0.717, 1.165) is 19.0 Å². The molecule has 3 N–H and O–H groups in total. The number of nitrogens with one attached hydrogen (secondary N) is 1. The van der Waals surface area contributed by atoms with Crippen LogP contribution in [0.4, 0.5) is 0 Å². The number of aromatic nitrogens is 4. The molecule has 1 unspecified atom stereocenters. The summed E-state index contributed by atoms with van der Waals surface area (Å²) in [5.41, 5.74) is 0.302. The van der Waals surface area contributed by atoms with Crippen LogP contribution >= 0.6 is 6.89 Å². The highest BCUT2D eigenvalue weighted by Crippen LogP contribution is 2.40. The van der Waals surface area contributed by atoms with E-state index in [2.05, 4.69) is 41.5 Å². The molecule has 1 fully saturated rings. The summed E-state index contributed by atoms with van der Waals surface area (Å²) in [5, 5.41) is 21.3. The number of aromatic amines is 1. The summed E-state index contributed by atoms with van der Waals surface area (Å²) in [6.07, 6.45) is 4.75. The Morgan fingerprint density at radius 1 is 1.29 bits per heavy atom. The Morgan fingerprint density at radius 3 is 2.64 bits per heavy atom. The van der Waals surface area contributed by atoms with Gasteiger partial charge in [-0.1, -0.05) is 13.3 Å². The lowest BCUT2D eigenvalue weighted by Gasteiger charge is -2.20. The third-order valence-corrected chi connectivity index (χ3v) is 6.58. The van der Waals surface area contributed by atoms with Crippen molar-refractivity contribution in [3.8, 4) is 0 Å². The van der Waals surface area contributed by atoms with Crippen molar-refractivity contribution < 1.29 is 14.9 Å². The first kappa shape index (κ1) is 21.2. The van der Waals surface area contributed by atoms with Crippen molar-refractivity contribution in [2.45, 2.75) is 64.1 Å². The Hall–Kier alpha value is -1.47. The Kier molecular flexibility index (Phi) is 6.15. The summed E-state index contributed by atoms with van der Waals surface area (Å²) in [7, 11) is 0. The summed E-state index contributed by atoms with van der Waals surface area (Å²) in [6.45, 7) is 6.77. The van der Waals surface area contributed by atoms with Crippen LogP contribution in [0.3, 0.4) is 0 Å². The number of imidazole rings is 1. The number of unbranched alkanes of at least 4 members (excludes halogenated alkanes) is 1. The van der Waals surface area contributed by atoms with E-state index < -0.39 is 31.4 Å². The topological polar surface area (TPSA) is 113 Å². The third-order valence-electron chi connectivity index (χ3n) is 5.11.